The lowest BCUT2D eigenvalue weighted by molar-refractivity contribution is -0.140. The number of sulfonamides is 1. The second-order valence-corrected chi connectivity index (χ2v) is 10.7. The second kappa shape index (κ2) is 11.7. The van der Waals surface area contributed by atoms with Crippen LogP contribution < -0.4 is 9.62 Å². The van der Waals surface area contributed by atoms with Gasteiger partial charge in [0.15, 0.2) is 0 Å². The summed E-state index contributed by atoms with van der Waals surface area (Å²) in [4.78, 5) is 27.8. The fourth-order valence-corrected chi connectivity index (χ4v) is 4.66. The van der Waals surface area contributed by atoms with Crippen LogP contribution in [-0.4, -0.2) is 50.0 Å². The van der Waals surface area contributed by atoms with Crippen molar-refractivity contribution in [2.45, 2.75) is 45.8 Å². The van der Waals surface area contributed by atoms with Gasteiger partial charge in [0.2, 0.25) is 21.8 Å². The van der Waals surface area contributed by atoms with Crippen molar-refractivity contribution in [2.24, 2.45) is 0 Å². The molecule has 0 aliphatic rings. The molecule has 0 fully saturated rings. The number of para-hydroxylation sites is 1. The fraction of sp³-hybridized carbons (Fsp3) is 0.391. The van der Waals surface area contributed by atoms with Crippen molar-refractivity contribution < 1.29 is 18.0 Å². The molecule has 10 heteroatoms. The maximum Gasteiger partial charge on any atom is 0.244 e. The van der Waals surface area contributed by atoms with E-state index in [0.29, 0.717) is 27.7 Å². The molecule has 0 aromatic heterocycles. The summed E-state index contributed by atoms with van der Waals surface area (Å²) in [5.74, 6) is -0.849. The van der Waals surface area contributed by atoms with Gasteiger partial charge in [-0.25, -0.2) is 8.42 Å². The van der Waals surface area contributed by atoms with Crippen molar-refractivity contribution in [3.63, 3.8) is 0 Å². The Morgan fingerprint density at radius 2 is 1.70 bits per heavy atom. The number of hydrogen-bond donors (Lipinski definition) is 1. The van der Waals surface area contributed by atoms with Crippen LogP contribution in [0.4, 0.5) is 5.69 Å². The minimum absolute atomic E-state index is 0.0191. The van der Waals surface area contributed by atoms with Gasteiger partial charge in [0, 0.05) is 22.6 Å². The Balaban J connectivity index is 2.45. The number of nitrogens with zero attached hydrogens (tertiary/aromatic N) is 2. The van der Waals surface area contributed by atoms with Crippen LogP contribution in [0.15, 0.2) is 48.5 Å². The molecule has 2 aromatic rings. The Labute approximate surface area is 205 Å². The molecule has 0 saturated heterocycles. The van der Waals surface area contributed by atoms with Crippen molar-refractivity contribution in [1.82, 2.24) is 10.2 Å². The van der Waals surface area contributed by atoms with E-state index < -0.39 is 28.5 Å². The minimum atomic E-state index is -3.76. The molecule has 0 bridgehead atoms. The maximum absolute atomic E-state index is 13.5. The molecule has 33 heavy (non-hydrogen) atoms. The van der Waals surface area contributed by atoms with Crippen LogP contribution in [-0.2, 0) is 26.2 Å². The lowest BCUT2D eigenvalue weighted by atomic mass is 10.1. The molecule has 1 N–H and O–H groups in total. The summed E-state index contributed by atoms with van der Waals surface area (Å²) >= 11 is 12.3. The van der Waals surface area contributed by atoms with Gasteiger partial charge in [-0.1, -0.05) is 54.4 Å². The van der Waals surface area contributed by atoms with Crippen LogP contribution in [0.5, 0.6) is 0 Å². The highest BCUT2D eigenvalue weighted by Crippen LogP contribution is 2.25. The van der Waals surface area contributed by atoms with Gasteiger partial charge in [0.1, 0.15) is 12.6 Å². The third kappa shape index (κ3) is 7.62. The van der Waals surface area contributed by atoms with Crippen molar-refractivity contribution in [2.75, 3.05) is 17.1 Å². The van der Waals surface area contributed by atoms with E-state index in [9.17, 15) is 18.0 Å². The molecular formula is C23H29Cl2N3O4S. The first-order chi connectivity index (χ1) is 15.4. The molecule has 0 aliphatic carbocycles. The fourth-order valence-electron chi connectivity index (χ4n) is 3.34. The summed E-state index contributed by atoms with van der Waals surface area (Å²) in [6, 6.07) is 12.3. The monoisotopic (exact) mass is 513 g/mol. The summed E-state index contributed by atoms with van der Waals surface area (Å²) in [6.07, 6.45) is 1.37. The van der Waals surface area contributed by atoms with Gasteiger partial charge in [-0.15, -0.1) is 0 Å². The molecule has 0 aliphatic heterocycles. The molecule has 1 atom stereocenters. The number of carbonyl (C=O) groups is 2. The number of amides is 2. The van der Waals surface area contributed by atoms with Crippen LogP contribution in [0.2, 0.25) is 10.0 Å². The second-order valence-electron chi connectivity index (χ2n) is 7.95. The van der Waals surface area contributed by atoms with Crippen LogP contribution >= 0.6 is 23.2 Å². The van der Waals surface area contributed by atoms with E-state index in [1.807, 2.05) is 13.8 Å². The van der Waals surface area contributed by atoms with Gasteiger partial charge < -0.3 is 10.2 Å². The zero-order valence-corrected chi connectivity index (χ0v) is 21.4. The zero-order chi connectivity index (χ0) is 24.8. The third-order valence-electron chi connectivity index (χ3n) is 4.90. The van der Waals surface area contributed by atoms with Crippen LogP contribution in [0.3, 0.4) is 0 Å². The topological polar surface area (TPSA) is 86.8 Å². The molecule has 0 saturated carbocycles. The van der Waals surface area contributed by atoms with Crippen molar-refractivity contribution in [1.29, 1.82) is 0 Å². The van der Waals surface area contributed by atoms with Crippen molar-refractivity contribution in [3.05, 3.63) is 64.1 Å². The summed E-state index contributed by atoms with van der Waals surface area (Å²) in [7, 11) is -3.76. The Morgan fingerprint density at radius 3 is 2.21 bits per heavy atom. The molecule has 2 aromatic carbocycles. The number of benzene rings is 2. The minimum Gasteiger partial charge on any atom is -0.352 e. The molecule has 0 heterocycles. The molecular weight excluding hydrogens is 485 g/mol. The standard InChI is InChI=1S/C23H29Cl2N3O4S/c1-5-21(23(30)26-16(2)3)27(14-17-11-12-18(24)13-20(17)25)22(29)15-28(33(4,31)32)19-9-7-6-8-10-19/h6-13,16,21H,5,14-15H2,1-4H3,(H,26,30)/t21-/m0/s1. The largest absolute Gasteiger partial charge is 0.352 e. The van der Waals surface area contributed by atoms with E-state index in [2.05, 4.69) is 5.32 Å². The summed E-state index contributed by atoms with van der Waals surface area (Å²) in [5.41, 5.74) is 0.952. The molecule has 2 amide bonds. The van der Waals surface area contributed by atoms with E-state index in [1.165, 1.54) is 4.90 Å². The molecule has 0 spiro atoms. The number of carbonyl (C=O) groups excluding carboxylic acids is 2. The molecule has 0 radical (unpaired) electrons. The first kappa shape index (κ1) is 27.0. The van der Waals surface area contributed by atoms with Crippen LogP contribution in [0.1, 0.15) is 32.8 Å². The van der Waals surface area contributed by atoms with Gasteiger partial charge in [0.05, 0.1) is 11.9 Å². The van der Waals surface area contributed by atoms with E-state index in [4.69, 9.17) is 23.2 Å². The van der Waals surface area contributed by atoms with Gasteiger partial charge in [-0.3, -0.25) is 13.9 Å². The number of rotatable bonds is 10. The summed E-state index contributed by atoms with van der Waals surface area (Å²) in [5, 5.41) is 3.63. The highest BCUT2D eigenvalue weighted by atomic mass is 35.5. The summed E-state index contributed by atoms with van der Waals surface area (Å²) < 4.78 is 26.0. The average Bonchev–Trinajstić information content (AvgIpc) is 2.72. The summed E-state index contributed by atoms with van der Waals surface area (Å²) in [6.45, 7) is 5.01. The molecule has 7 nitrogen and oxygen atoms in total. The Morgan fingerprint density at radius 1 is 1.06 bits per heavy atom. The SMILES string of the molecule is CC[C@@H](C(=O)NC(C)C)N(Cc1ccc(Cl)cc1Cl)C(=O)CN(c1ccccc1)S(C)(=O)=O. The molecule has 2 rings (SSSR count). The van der Waals surface area contributed by atoms with Crippen molar-refractivity contribution >= 4 is 50.7 Å². The van der Waals surface area contributed by atoms with E-state index in [1.54, 1.807) is 55.5 Å². The van der Waals surface area contributed by atoms with Gasteiger partial charge in [0.25, 0.3) is 0 Å². The smallest absolute Gasteiger partial charge is 0.244 e. The molecule has 0 unspecified atom stereocenters. The predicted molar refractivity (Wildman–Crippen MR) is 133 cm³/mol. The molecule has 180 valence electrons. The number of anilines is 1. The number of halogens is 2. The van der Waals surface area contributed by atoms with E-state index >= 15 is 0 Å². The Hall–Kier alpha value is -2.29. The zero-order valence-electron chi connectivity index (χ0n) is 19.1. The van der Waals surface area contributed by atoms with Gasteiger partial charge >= 0.3 is 0 Å². The van der Waals surface area contributed by atoms with Crippen LogP contribution in [0, 0.1) is 0 Å². The van der Waals surface area contributed by atoms with E-state index in [0.717, 1.165) is 10.6 Å². The van der Waals surface area contributed by atoms with Gasteiger partial charge in [-0.2, -0.15) is 0 Å². The Kier molecular flexibility index (Phi) is 9.57. The lowest BCUT2D eigenvalue weighted by Crippen LogP contribution is -2.53. The lowest BCUT2D eigenvalue weighted by Gasteiger charge is -2.33. The Bertz CT molecular complexity index is 1080. The van der Waals surface area contributed by atoms with Crippen molar-refractivity contribution in [3.8, 4) is 0 Å². The van der Waals surface area contributed by atoms with E-state index in [-0.39, 0.29) is 18.5 Å². The first-order valence-corrected chi connectivity index (χ1v) is 13.1. The highest BCUT2D eigenvalue weighted by molar-refractivity contribution is 7.92. The number of hydrogen-bond acceptors (Lipinski definition) is 4. The maximum atomic E-state index is 13.5. The quantitative estimate of drug-likeness (QED) is 0.518. The normalized spacial score (nSPS) is 12.3. The van der Waals surface area contributed by atoms with Gasteiger partial charge in [-0.05, 0) is 50.1 Å². The predicted octanol–water partition coefficient (Wildman–Crippen LogP) is 4.09. The average molecular weight is 514 g/mol. The number of nitrogens with one attached hydrogen (secondary N) is 1. The third-order valence-corrected chi connectivity index (χ3v) is 6.62. The first-order valence-electron chi connectivity index (χ1n) is 10.5. The van der Waals surface area contributed by atoms with Crippen LogP contribution in [0.25, 0.3) is 0 Å². The highest BCUT2D eigenvalue weighted by Gasteiger charge is 2.32.